The summed E-state index contributed by atoms with van der Waals surface area (Å²) in [7, 11) is 1.42. The van der Waals surface area contributed by atoms with Crippen LogP contribution in [-0.4, -0.2) is 41.9 Å². The zero-order valence-electron chi connectivity index (χ0n) is 22.4. The first kappa shape index (κ1) is 27.5. The van der Waals surface area contributed by atoms with Gasteiger partial charge in [0.2, 0.25) is 0 Å². The monoisotopic (exact) mass is 537 g/mol. The van der Waals surface area contributed by atoms with Crippen LogP contribution in [0.5, 0.6) is 11.5 Å². The smallest absolute Gasteiger partial charge is 0.324 e. The van der Waals surface area contributed by atoms with Crippen molar-refractivity contribution in [3.8, 4) is 11.5 Å². The van der Waals surface area contributed by atoms with E-state index in [1.54, 1.807) is 30.5 Å². The second kappa shape index (κ2) is 10.7. The Hall–Kier alpha value is -4.54. The van der Waals surface area contributed by atoms with E-state index in [9.17, 15) is 19.6 Å². The van der Waals surface area contributed by atoms with Gasteiger partial charge in [0, 0.05) is 27.7 Å². The van der Waals surface area contributed by atoms with Crippen LogP contribution >= 0.6 is 0 Å². The second-order valence-corrected chi connectivity index (χ2v) is 9.76. The van der Waals surface area contributed by atoms with Crippen molar-refractivity contribution < 1.29 is 38.1 Å². The molecule has 11 heteroatoms. The average molecular weight is 538 g/mol. The number of hydrogen-bond acceptors (Lipinski definition) is 8. The lowest BCUT2D eigenvalue weighted by atomic mass is 9.84. The van der Waals surface area contributed by atoms with E-state index in [0.29, 0.717) is 23.5 Å². The number of aromatic nitrogens is 2. The van der Waals surface area contributed by atoms with Gasteiger partial charge in [0.15, 0.2) is 24.0 Å². The normalized spacial score (nSPS) is 15.8. The molecule has 0 saturated carbocycles. The van der Waals surface area contributed by atoms with Crippen LogP contribution in [0.1, 0.15) is 48.1 Å². The number of esters is 2. The molecule has 11 nitrogen and oxygen atoms in total. The number of hydrogen-bond donors (Lipinski definition) is 1. The Balaban J connectivity index is 1.94. The highest BCUT2D eigenvalue weighted by atomic mass is 16.7. The summed E-state index contributed by atoms with van der Waals surface area (Å²) >= 11 is 0. The summed E-state index contributed by atoms with van der Waals surface area (Å²) in [5.74, 6) is -5.91. The number of imidazole rings is 1. The van der Waals surface area contributed by atoms with Gasteiger partial charge in [-0.15, -0.1) is 0 Å². The molecule has 1 saturated heterocycles. The van der Waals surface area contributed by atoms with Gasteiger partial charge in [-0.3, -0.25) is 14.4 Å². The van der Waals surface area contributed by atoms with Crippen molar-refractivity contribution in [2.75, 3.05) is 13.7 Å². The molecule has 39 heavy (non-hydrogen) atoms. The van der Waals surface area contributed by atoms with Gasteiger partial charge >= 0.3 is 11.9 Å². The lowest BCUT2D eigenvalue weighted by molar-refractivity contribution is -0.621. The topological polar surface area (TPSA) is 146 Å². The van der Waals surface area contributed by atoms with Gasteiger partial charge in [0.25, 0.3) is 17.5 Å². The van der Waals surface area contributed by atoms with E-state index >= 15 is 0 Å². The number of cyclic esters (lactones) is 2. The molecule has 1 aliphatic rings. The summed E-state index contributed by atoms with van der Waals surface area (Å²) in [6, 6.07) is 14.2. The zero-order chi connectivity index (χ0) is 28.5. The first-order chi connectivity index (χ1) is 18.4. The first-order valence-electron chi connectivity index (χ1n) is 12.3. The number of benzene rings is 2. The molecule has 0 radical (unpaired) electrons. The Morgan fingerprint density at radius 2 is 1.74 bits per heavy atom. The van der Waals surface area contributed by atoms with Crippen LogP contribution in [0.3, 0.4) is 0 Å². The Morgan fingerprint density at radius 1 is 1.10 bits per heavy atom. The van der Waals surface area contributed by atoms with Crippen molar-refractivity contribution in [2.24, 2.45) is 11.7 Å². The number of primary amides is 1. The fraction of sp³-hybridized carbons (Fsp3) is 0.357. The quantitative estimate of drug-likeness (QED) is 0.189. The van der Waals surface area contributed by atoms with Gasteiger partial charge in [0.1, 0.15) is 23.9 Å². The first-order valence-corrected chi connectivity index (χ1v) is 12.3. The molecular weight excluding hydrogens is 506 g/mol. The van der Waals surface area contributed by atoms with Crippen molar-refractivity contribution >= 4 is 17.8 Å². The maximum Gasteiger partial charge on any atom is 0.324 e. The number of rotatable bonds is 9. The molecule has 3 aromatic rings. The maximum absolute atomic E-state index is 13.7. The molecular formula is C28H31N3O8. The van der Waals surface area contributed by atoms with E-state index in [1.807, 2.05) is 30.3 Å². The highest BCUT2D eigenvalue weighted by Gasteiger charge is 2.52. The molecule has 206 valence electrons. The summed E-state index contributed by atoms with van der Waals surface area (Å²) in [5.41, 5.74) is 7.59. The fourth-order valence-corrected chi connectivity index (χ4v) is 4.70. The number of carbonyl (C=O) groups is 3. The molecule has 1 aromatic heterocycles. The minimum absolute atomic E-state index is 0.137. The van der Waals surface area contributed by atoms with Gasteiger partial charge in [-0.1, -0.05) is 36.4 Å². The third-order valence-electron chi connectivity index (χ3n) is 6.63. The SMILES string of the molecule is COc1ccc([C@@H](c2n(Cc3ccccc3)c(C)c(C)[n+]2[O-])C2C(=O)OC(C)(C)OC2=O)cc1OCC(N)=O. The van der Waals surface area contributed by atoms with Crippen molar-refractivity contribution in [1.29, 1.82) is 0 Å². The highest BCUT2D eigenvalue weighted by molar-refractivity contribution is 5.98. The minimum Gasteiger partial charge on any atom is -0.711 e. The van der Waals surface area contributed by atoms with Gasteiger partial charge in [-0.2, -0.15) is 0 Å². The van der Waals surface area contributed by atoms with Crippen LogP contribution < -0.4 is 19.9 Å². The van der Waals surface area contributed by atoms with Gasteiger partial charge in [0.05, 0.1) is 7.11 Å². The van der Waals surface area contributed by atoms with Gasteiger partial charge < -0.3 is 29.9 Å². The zero-order valence-corrected chi connectivity index (χ0v) is 22.4. The largest absolute Gasteiger partial charge is 0.711 e. The lowest BCUT2D eigenvalue weighted by Crippen LogP contribution is -2.50. The number of nitrogens with zero attached hydrogens (tertiary/aromatic N) is 2. The minimum atomic E-state index is -1.50. The molecule has 1 atom stereocenters. The number of ether oxygens (including phenoxy) is 4. The molecule has 0 unspecified atom stereocenters. The van der Waals surface area contributed by atoms with Crippen molar-refractivity contribution in [3.63, 3.8) is 0 Å². The predicted octanol–water partition coefficient (Wildman–Crippen LogP) is 2.24. The van der Waals surface area contributed by atoms with Crippen LogP contribution in [0.4, 0.5) is 0 Å². The van der Waals surface area contributed by atoms with Crippen molar-refractivity contribution in [1.82, 2.24) is 4.57 Å². The Bertz CT molecular complexity index is 1390. The lowest BCUT2D eigenvalue weighted by Gasteiger charge is -2.35. The number of nitrogens with two attached hydrogens (primary N) is 1. The van der Waals surface area contributed by atoms with E-state index in [-0.39, 0.29) is 17.3 Å². The molecule has 0 spiro atoms. The number of methoxy groups -OCH3 is 1. The fourth-order valence-electron chi connectivity index (χ4n) is 4.70. The molecule has 1 amide bonds. The number of amides is 1. The molecule has 2 aromatic carbocycles. The summed E-state index contributed by atoms with van der Waals surface area (Å²) < 4.78 is 24.3. The summed E-state index contributed by atoms with van der Waals surface area (Å²) in [6.45, 7) is 6.24. The average Bonchev–Trinajstić information content (AvgIpc) is 3.08. The van der Waals surface area contributed by atoms with E-state index < -0.39 is 42.1 Å². The van der Waals surface area contributed by atoms with Gasteiger partial charge in [-0.25, -0.2) is 9.30 Å². The summed E-state index contributed by atoms with van der Waals surface area (Å²) in [4.78, 5) is 38.1. The number of carbonyl (C=O) groups excluding carboxylic acids is 3. The molecule has 1 fully saturated rings. The van der Waals surface area contributed by atoms with Crippen LogP contribution in [0.25, 0.3) is 0 Å². The highest BCUT2D eigenvalue weighted by Crippen LogP contribution is 2.41. The predicted molar refractivity (Wildman–Crippen MR) is 138 cm³/mol. The van der Waals surface area contributed by atoms with E-state index in [4.69, 9.17) is 24.7 Å². The molecule has 2 N–H and O–H groups in total. The molecule has 2 heterocycles. The summed E-state index contributed by atoms with van der Waals surface area (Å²) in [5, 5.41) is 13.7. The van der Waals surface area contributed by atoms with Crippen LogP contribution in [-0.2, 0) is 30.4 Å². The van der Waals surface area contributed by atoms with Gasteiger partial charge in [-0.05, 0) is 23.3 Å². The Morgan fingerprint density at radius 3 is 2.33 bits per heavy atom. The third-order valence-corrected chi connectivity index (χ3v) is 6.63. The molecule has 1 aliphatic heterocycles. The second-order valence-electron chi connectivity index (χ2n) is 9.76. The van der Waals surface area contributed by atoms with E-state index in [1.165, 1.54) is 27.0 Å². The van der Waals surface area contributed by atoms with Crippen molar-refractivity contribution in [2.45, 2.75) is 45.9 Å². The molecule has 0 aliphatic carbocycles. The Kier molecular flexibility index (Phi) is 7.53. The standard InChI is InChI=1S/C28H31N3O8/c1-16-17(2)31(35)25(30(16)14-18-9-7-6-8-10-18)23(24-26(33)38-28(3,4)39-27(24)34)19-11-12-20(36-5)21(13-19)37-15-22(29)32/h6-13,23-24H,14-15H2,1-5H3,(H2,29,32)/t23-/m1/s1. The van der Waals surface area contributed by atoms with E-state index in [0.717, 1.165) is 10.3 Å². The van der Waals surface area contributed by atoms with Crippen molar-refractivity contribution in [3.05, 3.63) is 82.1 Å². The molecule has 0 bridgehead atoms. The Labute approximate surface area is 225 Å². The maximum atomic E-state index is 13.7. The summed E-state index contributed by atoms with van der Waals surface area (Å²) in [6.07, 6.45) is 0. The third kappa shape index (κ3) is 5.52. The van der Waals surface area contributed by atoms with Crippen LogP contribution in [0.15, 0.2) is 48.5 Å². The molecule has 4 rings (SSSR count). The van der Waals surface area contributed by atoms with E-state index in [2.05, 4.69) is 0 Å². The van der Waals surface area contributed by atoms with Crippen LogP contribution in [0, 0.1) is 25.0 Å². The van der Waals surface area contributed by atoms with Crippen LogP contribution in [0.2, 0.25) is 0 Å².